The highest BCUT2D eigenvalue weighted by atomic mass is 32.2. The molecule has 0 radical (unpaired) electrons. The molecule has 0 bridgehead atoms. The van der Waals surface area contributed by atoms with Crippen molar-refractivity contribution in [1.82, 2.24) is 5.32 Å². The fourth-order valence-corrected chi connectivity index (χ4v) is 3.17. The van der Waals surface area contributed by atoms with E-state index in [1.54, 1.807) is 11.8 Å². The highest BCUT2D eigenvalue weighted by Gasteiger charge is 2.22. The van der Waals surface area contributed by atoms with Crippen LogP contribution in [0.3, 0.4) is 0 Å². The third kappa shape index (κ3) is 2.47. The third-order valence-electron chi connectivity index (χ3n) is 3.21. The maximum absolute atomic E-state index is 12.0. The van der Waals surface area contributed by atoms with Gasteiger partial charge >= 0.3 is 0 Å². The molecular weight excluding hydrogens is 248 g/mol. The van der Waals surface area contributed by atoms with Gasteiger partial charge in [-0.3, -0.25) is 10.1 Å². The Morgan fingerprint density at radius 2 is 2.44 bits per heavy atom. The number of carbonyl (C=O) groups excluding carboxylic acids is 1. The van der Waals surface area contributed by atoms with Gasteiger partial charge in [0.25, 0.3) is 0 Å². The molecule has 0 aromatic heterocycles. The predicted molar refractivity (Wildman–Crippen MR) is 73.1 cm³/mol. The number of hydrogen-bond acceptors (Lipinski definition) is 4. The molecule has 1 unspecified atom stereocenters. The van der Waals surface area contributed by atoms with E-state index in [-0.39, 0.29) is 11.9 Å². The van der Waals surface area contributed by atoms with Gasteiger partial charge in [0.1, 0.15) is 5.75 Å². The van der Waals surface area contributed by atoms with Crippen LogP contribution in [0.5, 0.6) is 5.75 Å². The van der Waals surface area contributed by atoms with E-state index in [4.69, 9.17) is 4.74 Å². The Morgan fingerprint density at radius 1 is 1.50 bits per heavy atom. The van der Waals surface area contributed by atoms with Crippen LogP contribution in [0.1, 0.15) is 12.0 Å². The topological polar surface area (TPSA) is 50.4 Å². The van der Waals surface area contributed by atoms with Gasteiger partial charge in [-0.2, -0.15) is 0 Å². The van der Waals surface area contributed by atoms with Crippen LogP contribution in [0.4, 0.5) is 5.69 Å². The quantitative estimate of drug-likeness (QED) is 0.852. The maximum atomic E-state index is 12.0. The van der Waals surface area contributed by atoms with Crippen molar-refractivity contribution in [3.05, 3.63) is 23.8 Å². The lowest BCUT2D eigenvalue weighted by molar-refractivity contribution is -0.117. The molecule has 0 spiro atoms. The molecule has 3 rings (SSSR count). The summed E-state index contributed by atoms with van der Waals surface area (Å²) in [6, 6.07) is 5.81. The lowest BCUT2D eigenvalue weighted by Crippen LogP contribution is -2.37. The van der Waals surface area contributed by atoms with Crippen molar-refractivity contribution in [1.29, 1.82) is 0 Å². The first-order chi connectivity index (χ1) is 8.83. The highest BCUT2D eigenvalue weighted by Crippen LogP contribution is 2.27. The van der Waals surface area contributed by atoms with E-state index in [1.807, 2.05) is 18.2 Å². The molecule has 1 fully saturated rings. The Morgan fingerprint density at radius 3 is 3.28 bits per heavy atom. The molecule has 1 saturated heterocycles. The molecule has 2 N–H and O–H groups in total. The van der Waals surface area contributed by atoms with Crippen LogP contribution in [0.2, 0.25) is 0 Å². The summed E-state index contributed by atoms with van der Waals surface area (Å²) in [6.45, 7) is 0.794. The van der Waals surface area contributed by atoms with E-state index in [9.17, 15) is 4.79 Å². The van der Waals surface area contributed by atoms with Crippen LogP contribution < -0.4 is 15.4 Å². The minimum Gasteiger partial charge on any atom is -0.493 e. The van der Waals surface area contributed by atoms with Crippen molar-refractivity contribution in [2.24, 2.45) is 0 Å². The Bertz CT molecular complexity index is 458. The van der Waals surface area contributed by atoms with Gasteiger partial charge in [0, 0.05) is 17.3 Å². The number of benzene rings is 1. The molecule has 0 saturated carbocycles. The second-order valence-corrected chi connectivity index (χ2v) is 5.57. The smallest absolute Gasteiger partial charge is 0.242 e. The molecule has 1 aromatic rings. The van der Waals surface area contributed by atoms with Gasteiger partial charge in [0.15, 0.2) is 0 Å². The second-order valence-electron chi connectivity index (χ2n) is 4.54. The van der Waals surface area contributed by atoms with Gasteiger partial charge in [-0.05, 0) is 36.6 Å². The van der Waals surface area contributed by atoms with E-state index in [2.05, 4.69) is 10.6 Å². The molecule has 1 aromatic carbocycles. The van der Waals surface area contributed by atoms with Crippen LogP contribution in [0.15, 0.2) is 18.2 Å². The van der Waals surface area contributed by atoms with Gasteiger partial charge in [0.2, 0.25) is 5.91 Å². The number of anilines is 1. The number of rotatable bonds is 2. The molecule has 1 atom stereocenters. The SMILES string of the molecule is O=C(Nc1ccc2c(c1)CCCO2)C1CSCN1. The molecule has 2 heterocycles. The summed E-state index contributed by atoms with van der Waals surface area (Å²) < 4.78 is 5.55. The summed E-state index contributed by atoms with van der Waals surface area (Å²) in [7, 11) is 0. The standard InChI is InChI=1S/C13H16N2O2S/c16-13(11-7-18-8-14-11)15-10-3-4-12-9(6-10)2-1-5-17-12/h3-4,6,11,14H,1-2,5,7-8H2,(H,15,16). The van der Waals surface area contributed by atoms with E-state index in [0.29, 0.717) is 0 Å². The molecule has 18 heavy (non-hydrogen) atoms. The van der Waals surface area contributed by atoms with Gasteiger partial charge in [0.05, 0.1) is 12.6 Å². The fourth-order valence-electron chi connectivity index (χ4n) is 2.23. The molecule has 5 heteroatoms. The van der Waals surface area contributed by atoms with Gasteiger partial charge < -0.3 is 10.1 Å². The van der Waals surface area contributed by atoms with Crippen molar-refractivity contribution in [3.8, 4) is 5.75 Å². The molecule has 4 nitrogen and oxygen atoms in total. The van der Waals surface area contributed by atoms with Crippen molar-refractivity contribution < 1.29 is 9.53 Å². The Balaban J connectivity index is 1.70. The van der Waals surface area contributed by atoms with E-state index >= 15 is 0 Å². The Kier molecular flexibility index (Phi) is 3.43. The minimum absolute atomic E-state index is 0.0525. The number of fused-ring (bicyclic) bond motifs is 1. The first-order valence-corrected chi connectivity index (χ1v) is 7.36. The molecule has 1 amide bonds. The Hall–Kier alpha value is -1.20. The largest absolute Gasteiger partial charge is 0.493 e. The minimum atomic E-state index is -0.0673. The normalized spacial score (nSPS) is 22.1. The zero-order valence-electron chi connectivity index (χ0n) is 10.1. The summed E-state index contributed by atoms with van der Waals surface area (Å²) in [5, 5.41) is 6.13. The first kappa shape index (κ1) is 11.9. The molecule has 2 aliphatic rings. The predicted octanol–water partition coefficient (Wildman–Crippen LogP) is 1.61. The first-order valence-electron chi connectivity index (χ1n) is 6.21. The highest BCUT2D eigenvalue weighted by molar-refractivity contribution is 7.99. The van der Waals surface area contributed by atoms with Crippen molar-refractivity contribution >= 4 is 23.4 Å². The second kappa shape index (κ2) is 5.20. The monoisotopic (exact) mass is 264 g/mol. The van der Waals surface area contributed by atoms with Crippen LogP contribution in [-0.2, 0) is 11.2 Å². The summed E-state index contributed by atoms with van der Waals surface area (Å²) in [5.41, 5.74) is 2.05. The van der Waals surface area contributed by atoms with Gasteiger partial charge in [-0.15, -0.1) is 11.8 Å². The van der Waals surface area contributed by atoms with Gasteiger partial charge in [-0.1, -0.05) is 0 Å². The molecule has 0 aliphatic carbocycles. The average Bonchev–Trinajstić information content (AvgIpc) is 2.92. The van der Waals surface area contributed by atoms with Crippen LogP contribution in [0, 0.1) is 0 Å². The fraction of sp³-hybridized carbons (Fsp3) is 0.462. The van der Waals surface area contributed by atoms with E-state index < -0.39 is 0 Å². The number of nitrogens with one attached hydrogen (secondary N) is 2. The van der Waals surface area contributed by atoms with Crippen LogP contribution in [0.25, 0.3) is 0 Å². The van der Waals surface area contributed by atoms with E-state index in [1.165, 1.54) is 5.56 Å². The number of thioether (sulfide) groups is 1. The molecule has 2 aliphatic heterocycles. The average molecular weight is 264 g/mol. The number of ether oxygens (including phenoxy) is 1. The van der Waals surface area contributed by atoms with Crippen molar-refractivity contribution in [2.75, 3.05) is 23.6 Å². The van der Waals surface area contributed by atoms with Crippen LogP contribution >= 0.6 is 11.8 Å². The number of amides is 1. The van der Waals surface area contributed by atoms with Crippen molar-refractivity contribution in [2.45, 2.75) is 18.9 Å². The summed E-state index contributed by atoms with van der Waals surface area (Å²) in [4.78, 5) is 12.0. The lowest BCUT2D eigenvalue weighted by atomic mass is 10.1. The summed E-state index contributed by atoms with van der Waals surface area (Å²) >= 11 is 1.75. The zero-order chi connectivity index (χ0) is 12.4. The Labute approximate surface area is 110 Å². The number of hydrogen-bond donors (Lipinski definition) is 2. The maximum Gasteiger partial charge on any atom is 0.242 e. The molecule has 96 valence electrons. The van der Waals surface area contributed by atoms with Crippen LogP contribution in [-0.4, -0.2) is 30.2 Å². The summed E-state index contributed by atoms with van der Waals surface area (Å²) in [5.74, 6) is 2.71. The summed E-state index contributed by atoms with van der Waals surface area (Å²) in [6.07, 6.45) is 2.07. The molecular formula is C13H16N2O2S. The van der Waals surface area contributed by atoms with Gasteiger partial charge in [-0.25, -0.2) is 0 Å². The number of carbonyl (C=O) groups is 1. The number of aryl methyl sites for hydroxylation is 1. The van der Waals surface area contributed by atoms with Crippen molar-refractivity contribution in [3.63, 3.8) is 0 Å². The van der Waals surface area contributed by atoms with E-state index in [0.717, 1.165) is 42.5 Å². The zero-order valence-corrected chi connectivity index (χ0v) is 10.9. The third-order valence-corrected chi connectivity index (χ3v) is 4.15. The lowest BCUT2D eigenvalue weighted by Gasteiger charge is -2.18.